The molecule has 4 rings (SSSR count). The van der Waals surface area contributed by atoms with E-state index in [2.05, 4.69) is 26.8 Å². The maximum atomic E-state index is 10.9. The first-order valence-electron chi connectivity index (χ1n) is 9.38. The van der Waals surface area contributed by atoms with Gasteiger partial charge in [-0.05, 0) is 43.2 Å². The predicted octanol–water partition coefficient (Wildman–Crippen LogP) is 3.58. The van der Waals surface area contributed by atoms with Gasteiger partial charge in [-0.1, -0.05) is 5.92 Å². The number of hydrogen-bond acceptors (Lipinski definition) is 8. The van der Waals surface area contributed by atoms with Crippen molar-refractivity contribution in [2.75, 3.05) is 0 Å². The lowest BCUT2D eigenvalue weighted by molar-refractivity contribution is -0.121. The second-order valence-electron chi connectivity index (χ2n) is 6.47. The summed E-state index contributed by atoms with van der Waals surface area (Å²) in [6.07, 6.45) is 3.09. The molecular weight excluding hydrogens is 410 g/mol. The van der Waals surface area contributed by atoms with Crippen LogP contribution in [0.2, 0.25) is 0 Å². The summed E-state index contributed by atoms with van der Waals surface area (Å²) in [5.74, 6) is 7.90. The Bertz CT molecular complexity index is 1350. The second-order valence-corrected chi connectivity index (χ2v) is 6.47. The van der Waals surface area contributed by atoms with Crippen molar-refractivity contribution < 1.29 is 23.5 Å². The van der Waals surface area contributed by atoms with Crippen LogP contribution in [0.25, 0.3) is 22.8 Å². The highest BCUT2D eigenvalue weighted by atomic mass is 16.5. The Morgan fingerprint density at radius 2 is 1.44 bits per heavy atom. The summed E-state index contributed by atoms with van der Waals surface area (Å²) in [5, 5.41) is 0. The van der Waals surface area contributed by atoms with Crippen molar-refractivity contribution in [3.63, 3.8) is 0 Å². The molecule has 32 heavy (non-hydrogen) atoms. The van der Waals surface area contributed by atoms with Crippen LogP contribution in [0, 0.1) is 18.8 Å². The molecule has 0 fully saturated rings. The Kier molecular flexibility index (Phi) is 6.00. The van der Waals surface area contributed by atoms with Crippen LogP contribution in [0.3, 0.4) is 0 Å². The van der Waals surface area contributed by atoms with E-state index < -0.39 is 0 Å². The van der Waals surface area contributed by atoms with Crippen LogP contribution in [0.5, 0.6) is 11.5 Å². The molecule has 0 N–H and O–H groups in total. The van der Waals surface area contributed by atoms with Gasteiger partial charge in [0.25, 0.3) is 12.9 Å². The number of hydrogen-bond donors (Lipinski definition) is 0. The Labute approximate surface area is 182 Å². The topological polar surface area (TPSA) is 104 Å². The second kappa shape index (κ2) is 9.36. The van der Waals surface area contributed by atoms with Crippen molar-refractivity contribution in [3.05, 3.63) is 78.0 Å². The van der Waals surface area contributed by atoms with Gasteiger partial charge in [0, 0.05) is 36.2 Å². The highest BCUT2D eigenvalue weighted by Crippen LogP contribution is 2.28. The SMILES string of the molecule is Cc1ccc(C#Cc2ccnc(-c3cc(OC=O)cc(-c4cc(OC=O)ccn4)n3)c2)o1. The van der Waals surface area contributed by atoms with Crippen molar-refractivity contribution in [1.29, 1.82) is 0 Å². The molecular formula is C24H15N3O5. The zero-order chi connectivity index (χ0) is 22.3. The van der Waals surface area contributed by atoms with E-state index >= 15 is 0 Å². The van der Waals surface area contributed by atoms with E-state index in [-0.39, 0.29) is 5.75 Å². The molecule has 0 amide bonds. The van der Waals surface area contributed by atoms with Crippen molar-refractivity contribution in [3.8, 4) is 46.1 Å². The smallest absolute Gasteiger partial charge is 0.298 e. The first kappa shape index (κ1) is 20.5. The van der Waals surface area contributed by atoms with E-state index in [1.807, 2.05) is 13.0 Å². The van der Waals surface area contributed by atoms with Gasteiger partial charge >= 0.3 is 0 Å². The number of carbonyl (C=O) groups is 2. The number of ether oxygens (including phenoxy) is 2. The first-order chi connectivity index (χ1) is 15.6. The highest BCUT2D eigenvalue weighted by Gasteiger charge is 2.11. The third-order valence-corrected chi connectivity index (χ3v) is 4.25. The van der Waals surface area contributed by atoms with E-state index in [1.54, 1.807) is 42.6 Å². The summed E-state index contributed by atoms with van der Waals surface area (Å²) in [4.78, 5) is 34.8. The minimum atomic E-state index is 0.257. The number of rotatable bonds is 6. The molecule has 0 atom stereocenters. The van der Waals surface area contributed by atoms with Gasteiger partial charge in [-0.15, -0.1) is 0 Å². The van der Waals surface area contributed by atoms with Gasteiger partial charge in [0.15, 0.2) is 5.76 Å². The molecule has 0 aliphatic carbocycles. The van der Waals surface area contributed by atoms with Gasteiger partial charge in [-0.25, -0.2) is 4.98 Å². The molecule has 8 nitrogen and oxygen atoms in total. The van der Waals surface area contributed by atoms with E-state index in [4.69, 9.17) is 13.9 Å². The predicted molar refractivity (Wildman–Crippen MR) is 114 cm³/mol. The Morgan fingerprint density at radius 1 is 0.781 bits per heavy atom. The van der Waals surface area contributed by atoms with Gasteiger partial charge in [0.05, 0.1) is 22.8 Å². The maximum Gasteiger partial charge on any atom is 0.298 e. The summed E-state index contributed by atoms with van der Waals surface area (Å²) >= 11 is 0. The minimum Gasteiger partial charge on any atom is -0.453 e. The van der Waals surface area contributed by atoms with Crippen LogP contribution in [0.15, 0.2) is 65.3 Å². The average Bonchev–Trinajstić information content (AvgIpc) is 3.23. The third-order valence-electron chi connectivity index (χ3n) is 4.25. The Balaban J connectivity index is 1.73. The van der Waals surface area contributed by atoms with Gasteiger partial charge in [-0.2, -0.15) is 0 Å². The zero-order valence-corrected chi connectivity index (χ0v) is 16.8. The van der Waals surface area contributed by atoms with Gasteiger partial charge in [0.1, 0.15) is 17.3 Å². The number of nitrogens with zero attached hydrogens (tertiary/aromatic N) is 3. The van der Waals surface area contributed by atoms with Crippen molar-refractivity contribution in [2.24, 2.45) is 0 Å². The van der Waals surface area contributed by atoms with Crippen LogP contribution in [0.4, 0.5) is 0 Å². The molecule has 0 saturated carbocycles. The highest BCUT2D eigenvalue weighted by molar-refractivity contribution is 5.67. The number of furan rings is 1. The lowest BCUT2D eigenvalue weighted by atomic mass is 10.1. The van der Waals surface area contributed by atoms with Crippen molar-refractivity contribution in [2.45, 2.75) is 6.92 Å². The summed E-state index contributed by atoms with van der Waals surface area (Å²) in [6, 6.07) is 13.4. The standard InChI is InChI=1S/C24H15N3O5/c1-16-2-4-18(32-16)5-3-17-6-8-25-21(10-17)23-12-20(31-15-29)13-24(27-23)22-11-19(30-14-28)7-9-26-22/h2,4,6-15H,1H3. The van der Waals surface area contributed by atoms with Crippen LogP contribution in [-0.2, 0) is 9.59 Å². The average molecular weight is 425 g/mol. The fourth-order valence-corrected chi connectivity index (χ4v) is 2.86. The fraction of sp³-hybridized carbons (Fsp3) is 0.0417. The van der Waals surface area contributed by atoms with Crippen LogP contribution < -0.4 is 9.47 Å². The summed E-state index contributed by atoms with van der Waals surface area (Å²) in [7, 11) is 0. The van der Waals surface area contributed by atoms with E-state index in [1.165, 1.54) is 12.3 Å². The molecule has 0 aliphatic rings. The van der Waals surface area contributed by atoms with Crippen LogP contribution in [-0.4, -0.2) is 27.9 Å². The van der Waals surface area contributed by atoms with Crippen molar-refractivity contribution >= 4 is 12.9 Å². The van der Waals surface area contributed by atoms with Crippen LogP contribution >= 0.6 is 0 Å². The largest absolute Gasteiger partial charge is 0.453 e. The van der Waals surface area contributed by atoms with Gasteiger partial charge < -0.3 is 13.9 Å². The van der Waals surface area contributed by atoms with Gasteiger partial charge in [0.2, 0.25) is 0 Å². The molecule has 0 aromatic carbocycles. The van der Waals surface area contributed by atoms with Crippen LogP contribution in [0.1, 0.15) is 17.1 Å². The zero-order valence-electron chi connectivity index (χ0n) is 16.8. The molecule has 8 heteroatoms. The summed E-state index contributed by atoms with van der Waals surface area (Å²) < 4.78 is 15.4. The third kappa shape index (κ3) is 4.86. The molecule has 0 aliphatic heterocycles. The summed E-state index contributed by atoms with van der Waals surface area (Å²) in [5.41, 5.74) is 2.49. The normalized spacial score (nSPS) is 10.0. The number of pyridine rings is 3. The van der Waals surface area contributed by atoms with E-state index in [0.29, 0.717) is 52.8 Å². The Hall–Kier alpha value is -4.77. The molecule has 0 spiro atoms. The van der Waals surface area contributed by atoms with Crippen molar-refractivity contribution in [1.82, 2.24) is 15.0 Å². The van der Waals surface area contributed by atoms with E-state index in [9.17, 15) is 9.59 Å². The van der Waals surface area contributed by atoms with Gasteiger partial charge in [-0.3, -0.25) is 19.6 Å². The van der Waals surface area contributed by atoms with E-state index in [0.717, 1.165) is 5.76 Å². The first-order valence-corrected chi connectivity index (χ1v) is 9.38. The summed E-state index contributed by atoms with van der Waals surface area (Å²) in [6.45, 7) is 2.50. The molecule has 0 unspecified atom stereocenters. The molecule has 4 aromatic heterocycles. The Morgan fingerprint density at radius 3 is 2.12 bits per heavy atom. The molecule has 4 aromatic rings. The molecule has 0 saturated heterocycles. The molecule has 4 heterocycles. The number of aromatic nitrogens is 3. The monoisotopic (exact) mass is 425 g/mol. The molecule has 0 radical (unpaired) electrons. The quantitative estimate of drug-likeness (QED) is 0.341. The lowest BCUT2D eigenvalue weighted by Crippen LogP contribution is -1.97. The molecule has 0 bridgehead atoms. The number of carbonyl (C=O) groups excluding carboxylic acids is 2. The fourth-order valence-electron chi connectivity index (χ4n) is 2.86. The maximum absolute atomic E-state index is 10.9. The minimum absolute atomic E-state index is 0.257. The molecule has 156 valence electrons. The lowest BCUT2D eigenvalue weighted by Gasteiger charge is -2.08. The number of aryl methyl sites for hydroxylation is 1.